The molecule has 0 fully saturated rings. The lowest BCUT2D eigenvalue weighted by atomic mass is 10.2. The first kappa shape index (κ1) is 26.5. The van der Waals surface area contributed by atoms with Crippen molar-refractivity contribution in [2.75, 3.05) is 55.5 Å². The molecule has 3 aromatic rings. The molecule has 0 saturated heterocycles. The predicted octanol–water partition coefficient (Wildman–Crippen LogP) is 3.60. The molecule has 1 heterocycles. The molecule has 0 spiro atoms. The minimum Gasteiger partial charge on any atom is -0.491 e. The Kier molecular flexibility index (Phi) is 10.6. The average molecular weight is 497 g/mol. The number of anilines is 5. The van der Waals surface area contributed by atoms with Gasteiger partial charge in [0.05, 0.1) is 32.6 Å². The lowest BCUT2D eigenvalue weighted by Gasteiger charge is -2.11. The topological polar surface area (TPSA) is 133 Å². The van der Waals surface area contributed by atoms with Gasteiger partial charge >= 0.3 is 0 Å². The number of rotatable bonds is 15. The molecule has 0 aliphatic rings. The molecule has 0 aliphatic carbocycles. The number of carbonyl (C=O) groups is 1. The highest BCUT2D eigenvalue weighted by Gasteiger charge is 2.09. The summed E-state index contributed by atoms with van der Waals surface area (Å²) in [6.45, 7) is 6.26. The van der Waals surface area contributed by atoms with Crippen LogP contribution in [0.15, 0.2) is 67.4 Å². The van der Waals surface area contributed by atoms with Crippen molar-refractivity contribution in [3.05, 3.63) is 73.2 Å². The molecule has 0 bridgehead atoms. The SMILES string of the molecule is C=CC(=O)Nc1cccc(Nc2nc(Nc3ccc(OCCOCCOCCN)cc3)ncc2F)c1. The van der Waals surface area contributed by atoms with Crippen molar-refractivity contribution in [1.82, 2.24) is 9.97 Å². The number of nitrogens with zero attached hydrogens (tertiary/aromatic N) is 2. The predicted molar refractivity (Wildman–Crippen MR) is 136 cm³/mol. The van der Waals surface area contributed by atoms with E-state index >= 15 is 0 Å². The molecule has 0 aliphatic heterocycles. The number of hydrogen-bond donors (Lipinski definition) is 4. The summed E-state index contributed by atoms with van der Waals surface area (Å²) in [5, 5.41) is 8.58. The summed E-state index contributed by atoms with van der Waals surface area (Å²) in [5.41, 5.74) is 7.11. The van der Waals surface area contributed by atoms with Crippen molar-refractivity contribution < 1.29 is 23.4 Å². The second-order valence-electron chi connectivity index (χ2n) is 7.30. The Morgan fingerprint density at radius 3 is 2.44 bits per heavy atom. The van der Waals surface area contributed by atoms with E-state index in [1.807, 2.05) is 0 Å². The summed E-state index contributed by atoms with van der Waals surface area (Å²) < 4.78 is 30.6. The Labute approximate surface area is 208 Å². The zero-order valence-electron chi connectivity index (χ0n) is 19.7. The Morgan fingerprint density at radius 1 is 0.972 bits per heavy atom. The first-order valence-electron chi connectivity index (χ1n) is 11.3. The fourth-order valence-corrected chi connectivity index (χ4v) is 2.91. The average Bonchev–Trinajstić information content (AvgIpc) is 2.89. The maximum Gasteiger partial charge on any atom is 0.247 e. The molecule has 3 rings (SSSR count). The van der Waals surface area contributed by atoms with Crippen LogP contribution < -0.4 is 26.4 Å². The lowest BCUT2D eigenvalue weighted by Crippen LogP contribution is -2.14. The Bertz CT molecular complexity index is 1130. The van der Waals surface area contributed by atoms with Crippen LogP contribution in [0.1, 0.15) is 0 Å². The van der Waals surface area contributed by atoms with Crippen molar-refractivity contribution in [3.8, 4) is 5.75 Å². The van der Waals surface area contributed by atoms with E-state index in [-0.39, 0.29) is 17.7 Å². The molecule has 0 atom stereocenters. The van der Waals surface area contributed by atoms with Gasteiger partial charge in [-0.3, -0.25) is 4.79 Å². The van der Waals surface area contributed by atoms with Gasteiger partial charge in [0.2, 0.25) is 11.9 Å². The van der Waals surface area contributed by atoms with Crippen LogP contribution in [0, 0.1) is 5.82 Å². The Balaban J connectivity index is 1.51. The summed E-state index contributed by atoms with van der Waals surface area (Å²) in [6.07, 6.45) is 2.23. The van der Waals surface area contributed by atoms with Crippen molar-refractivity contribution in [2.45, 2.75) is 0 Å². The van der Waals surface area contributed by atoms with E-state index in [0.29, 0.717) is 62.4 Å². The molecule has 10 nitrogen and oxygen atoms in total. The van der Waals surface area contributed by atoms with Gasteiger partial charge in [-0.05, 0) is 48.5 Å². The van der Waals surface area contributed by atoms with Crippen molar-refractivity contribution in [3.63, 3.8) is 0 Å². The molecule has 190 valence electrons. The van der Waals surface area contributed by atoms with E-state index < -0.39 is 5.82 Å². The van der Waals surface area contributed by atoms with Gasteiger partial charge in [0.1, 0.15) is 12.4 Å². The molecule has 11 heteroatoms. The maximum absolute atomic E-state index is 14.3. The van der Waals surface area contributed by atoms with Gasteiger partial charge in [-0.2, -0.15) is 4.98 Å². The number of hydrogen-bond acceptors (Lipinski definition) is 9. The van der Waals surface area contributed by atoms with Gasteiger partial charge in [-0.15, -0.1) is 0 Å². The molecule has 36 heavy (non-hydrogen) atoms. The van der Waals surface area contributed by atoms with Crippen LogP contribution in [-0.2, 0) is 14.3 Å². The zero-order valence-corrected chi connectivity index (χ0v) is 19.7. The van der Waals surface area contributed by atoms with E-state index in [0.717, 1.165) is 12.3 Å². The molecular weight excluding hydrogens is 467 g/mol. The number of nitrogens with two attached hydrogens (primary N) is 1. The van der Waals surface area contributed by atoms with Gasteiger partial charge in [0.25, 0.3) is 0 Å². The number of amides is 1. The lowest BCUT2D eigenvalue weighted by molar-refractivity contribution is -0.111. The van der Waals surface area contributed by atoms with E-state index in [9.17, 15) is 9.18 Å². The van der Waals surface area contributed by atoms with E-state index in [4.69, 9.17) is 19.9 Å². The fraction of sp³-hybridized carbons (Fsp3) is 0.240. The highest BCUT2D eigenvalue weighted by Crippen LogP contribution is 2.23. The fourth-order valence-electron chi connectivity index (χ4n) is 2.91. The van der Waals surface area contributed by atoms with Crippen LogP contribution in [0.4, 0.5) is 33.2 Å². The summed E-state index contributed by atoms with van der Waals surface area (Å²) in [4.78, 5) is 19.7. The van der Waals surface area contributed by atoms with Crippen LogP contribution in [0.3, 0.4) is 0 Å². The second-order valence-corrected chi connectivity index (χ2v) is 7.30. The summed E-state index contributed by atoms with van der Waals surface area (Å²) in [6, 6.07) is 14.0. The summed E-state index contributed by atoms with van der Waals surface area (Å²) in [7, 11) is 0. The van der Waals surface area contributed by atoms with Crippen molar-refractivity contribution in [2.24, 2.45) is 5.73 Å². The normalized spacial score (nSPS) is 10.5. The first-order chi connectivity index (χ1) is 17.6. The molecule has 5 N–H and O–H groups in total. The molecular formula is C25H29FN6O4. The number of halogens is 1. The Hall–Kier alpha value is -4.06. The van der Waals surface area contributed by atoms with E-state index in [1.165, 1.54) is 0 Å². The largest absolute Gasteiger partial charge is 0.491 e. The zero-order chi connectivity index (χ0) is 25.6. The minimum atomic E-state index is -0.627. The number of aromatic nitrogens is 2. The number of nitrogens with one attached hydrogen (secondary N) is 3. The van der Waals surface area contributed by atoms with Crippen molar-refractivity contribution >= 4 is 34.7 Å². The monoisotopic (exact) mass is 496 g/mol. The molecule has 1 amide bonds. The van der Waals surface area contributed by atoms with Gasteiger partial charge in [-0.25, -0.2) is 9.37 Å². The van der Waals surface area contributed by atoms with Crippen LogP contribution >= 0.6 is 0 Å². The van der Waals surface area contributed by atoms with Crippen LogP contribution in [-0.4, -0.2) is 55.5 Å². The number of benzene rings is 2. The van der Waals surface area contributed by atoms with Crippen LogP contribution in [0.2, 0.25) is 0 Å². The molecule has 1 aromatic heterocycles. The van der Waals surface area contributed by atoms with E-state index in [2.05, 4.69) is 32.5 Å². The highest BCUT2D eigenvalue weighted by molar-refractivity contribution is 5.99. The van der Waals surface area contributed by atoms with Crippen LogP contribution in [0.25, 0.3) is 0 Å². The van der Waals surface area contributed by atoms with Gasteiger partial charge in [0.15, 0.2) is 11.6 Å². The molecule has 0 saturated carbocycles. The highest BCUT2D eigenvalue weighted by atomic mass is 19.1. The summed E-state index contributed by atoms with van der Waals surface area (Å²) in [5.74, 6) is -0.116. The minimum absolute atomic E-state index is 0.0203. The third-order valence-corrected chi connectivity index (χ3v) is 4.56. The third-order valence-electron chi connectivity index (χ3n) is 4.56. The number of carbonyl (C=O) groups excluding carboxylic acids is 1. The smallest absolute Gasteiger partial charge is 0.247 e. The third kappa shape index (κ3) is 8.95. The standard InChI is InChI=1S/C25H29FN6O4/c1-2-23(33)29-19-4-3-5-20(16-19)30-24-22(26)17-28-25(32-24)31-18-6-8-21(9-7-18)36-15-14-35-13-12-34-11-10-27/h2-9,16-17H,1,10-15,27H2,(H,29,33)(H2,28,30,31,32). The van der Waals surface area contributed by atoms with Gasteiger partial charge in [0, 0.05) is 23.6 Å². The quantitative estimate of drug-likeness (QED) is 0.184. The number of ether oxygens (including phenoxy) is 3. The van der Waals surface area contributed by atoms with Crippen molar-refractivity contribution in [1.29, 1.82) is 0 Å². The second kappa shape index (κ2) is 14.4. The summed E-state index contributed by atoms with van der Waals surface area (Å²) >= 11 is 0. The van der Waals surface area contributed by atoms with Crippen LogP contribution in [0.5, 0.6) is 5.75 Å². The van der Waals surface area contributed by atoms with Gasteiger partial charge in [-0.1, -0.05) is 12.6 Å². The first-order valence-corrected chi connectivity index (χ1v) is 11.3. The molecule has 0 radical (unpaired) electrons. The maximum atomic E-state index is 14.3. The van der Waals surface area contributed by atoms with Gasteiger partial charge < -0.3 is 35.9 Å². The Morgan fingerprint density at radius 2 is 1.69 bits per heavy atom. The molecule has 0 unspecified atom stereocenters. The molecule has 2 aromatic carbocycles. The van der Waals surface area contributed by atoms with E-state index in [1.54, 1.807) is 48.5 Å².